The summed E-state index contributed by atoms with van der Waals surface area (Å²) in [5.41, 5.74) is 0. The second-order valence-electron chi connectivity index (χ2n) is 4.57. The van der Waals surface area contributed by atoms with E-state index in [1.165, 1.54) is 4.88 Å². The van der Waals surface area contributed by atoms with E-state index in [9.17, 15) is 4.79 Å². The molecule has 0 aliphatic rings. The predicted molar refractivity (Wildman–Crippen MR) is 78.8 cm³/mol. The van der Waals surface area contributed by atoms with Gasteiger partial charge in [0.25, 0.3) is 0 Å². The molecule has 0 N–H and O–H groups in total. The zero-order valence-electron chi connectivity index (χ0n) is 11.1. The Morgan fingerprint density at radius 2 is 2.22 bits per heavy atom. The molecule has 1 aromatic heterocycles. The minimum atomic E-state index is -0.145. The van der Waals surface area contributed by atoms with Crippen LogP contribution in [-0.2, 0) is 16.1 Å². The summed E-state index contributed by atoms with van der Waals surface area (Å²) in [5.74, 6) is 0.386. The Balaban J connectivity index is 2.57. The van der Waals surface area contributed by atoms with E-state index in [1.807, 2.05) is 13.0 Å². The van der Waals surface area contributed by atoms with Crippen LogP contribution in [0.3, 0.4) is 0 Å². The first-order valence-corrected chi connectivity index (χ1v) is 7.74. The number of thiophene rings is 1. The number of ether oxygens (including phenoxy) is 1. The minimum absolute atomic E-state index is 0.145. The molecule has 0 atom stereocenters. The number of rotatable bonds is 7. The molecule has 0 radical (unpaired) electrons. The highest BCUT2D eigenvalue weighted by atomic mass is 79.9. The molecular weight excluding hydrogens is 314 g/mol. The van der Waals surface area contributed by atoms with Crippen LogP contribution in [-0.4, -0.2) is 30.6 Å². The fourth-order valence-corrected chi connectivity index (χ4v) is 3.27. The Labute approximate surface area is 121 Å². The minimum Gasteiger partial charge on any atom is -0.465 e. The standard InChI is InChI=1S/C13H20BrNO2S/c1-4-17-13(16)9-15(7-10(2)3)8-11-5-6-12(14)18-11/h5-6,10H,4,7-9H2,1-3H3. The Hall–Kier alpha value is -0.390. The van der Waals surface area contributed by atoms with Gasteiger partial charge < -0.3 is 4.74 Å². The molecule has 0 aliphatic carbocycles. The number of esters is 1. The molecule has 3 nitrogen and oxygen atoms in total. The monoisotopic (exact) mass is 333 g/mol. The molecule has 0 spiro atoms. The lowest BCUT2D eigenvalue weighted by molar-refractivity contribution is -0.144. The number of nitrogens with zero attached hydrogens (tertiary/aromatic N) is 1. The third kappa shape index (κ3) is 5.98. The van der Waals surface area contributed by atoms with Crippen molar-refractivity contribution in [2.45, 2.75) is 27.3 Å². The van der Waals surface area contributed by atoms with Crippen molar-refractivity contribution < 1.29 is 9.53 Å². The van der Waals surface area contributed by atoms with E-state index in [4.69, 9.17) is 4.74 Å². The molecule has 0 aromatic carbocycles. The smallest absolute Gasteiger partial charge is 0.320 e. The summed E-state index contributed by atoms with van der Waals surface area (Å²) >= 11 is 5.16. The molecule has 18 heavy (non-hydrogen) atoms. The number of carbonyl (C=O) groups is 1. The molecule has 1 aromatic rings. The van der Waals surface area contributed by atoms with Gasteiger partial charge in [-0.1, -0.05) is 13.8 Å². The molecule has 102 valence electrons. The first-order chi connectivity index (χ1) is 8.51. The van der Waals surface area contributed by atoms with Crippen LogP contribution in [0.15, 0.2) is 15.9 Å². The van der Waals surface area contributed by atoms with Gasteiger partial charge in [-0.25, -0.2) is 0 Å². The van der Waals surface area contributed by atoms with Crippen molar-refractivity contribution in [3.8, 4) is 0 Å². The van der Waals surface area contributed by atoms with Gasteiger partial charge >= 0.3 is 5.97 Å². The SMILES string of the molecule is CCOC(=O)CN(Cc1ccc(Br)s1)CC(C)C. The van der Waals surface area contributed by atoms with Crippen LogP contribution in [0.5, 0.6) is 0 Å². The van der Waals surface area contributed by atoms with Gasteiger partial charge in [-0.15, -0.1) is 11.3 Å². The largest absolute Gasteiger partial charge is 0.465 e. The van der Waals surface area contributed by atoms with Gasteiger partial charge in [0.15, 0.2) is 0 Å². The molecule has 1 heterocycles. The van der Waals surface area contributed by atoms with Gasteiger partial charge in [-0.3, -0.25) is 9.69 Å². The number of hydrogen-bond acceptors (Lipinski definition) is 4. The second-order valence-corrected chi connectivity index (χ2v) is 7.12. The van der Waals surface area contributed by atoms with E-state index >= 15 is 0 Å². The highest BCUT2D eigenvalue weighted by molar-refractivity contribution is 9.11. The summed E-state index contributed by atoms with van der Waals surface area (Å²) in [6, 6.07) is 4.13. The average molecular weight is 334 g/mol. The van der Waals surface area contributed by atoms with Gasteiger partial charge in [0.05, 0.1) is 16.9 Å². The first kappa shape index (κ1) is 15.7. The number of carbonyl (C=O) groups excluding carboxylic acids is 1. The van der Waals surface area contributed by atoms with Crippen molar-refractivity contribution in [2.24, 2.45) is 5.92 Å². The van der Waals surface area contributed by atoms with Crippen molar-refractivity contribution in [1.82, 2.24) is 4.90 Å². The summed E-state index contributed by atoms with van der Waals surface area (Å²) in [5, 5.41) is 0. The normalized spacial score (nSPS) is 11.2. The molecule has 1 rings (SSSR count). The number of hydrogen-bond donors (Lipinski definition) is 0. The highest BCUT2D eigenvalue weighted by Crippen LogP contribution is 2.23. The summed E-state index contributed by atoms with van der Waals surface area (Å²) in [6.45, 7) is 8.65. The van der Waals surface area contributed by atoms with Crippen LogP contribution in [0.4, 0.5) is 0 Å². The van der Waals surface area contributed by atoms with Crippen molar-refractivity contribution in [3.05, 3.63) is 20.8 Å². The maximum atomic E-state index is 11.6. The van der Waals surface area contributed by atoms with Crippen LogP contribution < -0.4 is 0 Å². The molecule has 0 saturated carbocycles. The molecule has 0 amide bonds. The fraction of sp³-hybridized carbons (Fsp3) is 0.615. The third-order valence-electron chi connectivity index (χ3n) is 2.29. The Morgan fingerprint density at radius 3 is 2.72 bits per heavy atom. The summed E-state index contributed by atoms with van der Waals surface area (Å²) < 4.78 is 6.13. The first-order valence-electron chi connectivity index (χ1n) is 6.13. The average Bonchev–Trinajstić information content (AvgIpc) is 2.63. The summed E-state index contributed by atoms with van der Waals surface area (Å²) in [7, 11) is 0. The zero-order chi connectivity index (χ0) is 13.5. The van der Waals surface area contributed by atoms with Crippen molar-refractivity contribution in [2.75, 3.05) is 19.7 Å². The highest BCUT2D eigenvalue weighted by Gasteiger charge is 2.14. The van der Waals surface area contributed by atoms with E-state index in [0.717, 1.165) is 16.9 Å². The maximum absolute atomic E-state index is 11.6. The Kier molecular flexibility index (Phi) is 6.89. The summed E-state index contributed by atoms with van der Waals surface area (Å²) in [4.78, 5) is 15.0. The maximum Gasteiger partial charge on any atom is 0.320 e. The van der Waals surface area contributed by atoms with E-state index in [2.05, 4.69) is 40.7 Å². The van der Waals surface area contributed by atoms with Gasteiger partial charge in [-0.2, -0.15) is 0 Å². The quantitative estimate of drug-likeness (QED) is 0.715. The lowest BCUT2D eigenvalue weighted by Crippen LogP contribution is -2.33. The Bertz CT molecular complexity index is 379. The number of halogens is 1. The van der Waals surface area contributed by atoms with Crippen LogP contribution >= 0.6 is 27.3 Å². The zero-order valence-corrected chi connectivity index (χ0v) is 13.5. The van der Waals surface area contributed by atoms with E-state index in [0.29, 0.717) is 19.1 Å². The van der Waals surface area contributed by atoms with Crippen LogP contribution in [0, 0.1) is 5.92 Å². The predicted octanol–water partition coefficient (Wildman–Crippen LogP) is 3.53. The van der Waals surface area contributed by atoms with Crippen LogP contribution in [0.25, 0.3) is 0 Å². The topological polar surface area (TPSA) is 29.5 Å². The van der Waals surface area contributed by atoms with Gasteiger partial charge in [0.2, 0.25) is 0 Å². The fourth-order valence-electron chi connectivity index (χ4n) is 1.75. The molecule has 0 fully saturated rings. The van der Waals surface area contributed by atoms with Crippen molar-refractivity contribution in [3.63, 3.8) is 0 Å². The van der Waals surface area contributed by atoms with E-state index < -0.39 is 0 Å². The lowest BCUT2D eigenvalue weighted by Gasteiger charge is -2.22. The molecule has 0 bridgehead atoms. The lowest BCUT2D eigenvalue weighted by atomic mass is 10.2. The van der Waals surface area contributed by atoms with E-state index in [1.54, 1.807) is 11.3 Å². The molecule has 0 saturated heterocycles. The third-order valence-corrected chi connectivity index (χ3v) is 3.90. The van der Waals surface area contributed by atoms with Crippen LogP contribution in [0.2, 0.25) is 0 Å². The molecular formula is C13H20BrNO2S. The van der Waals surface area contributed by atoms with Crippen molar-refractivity contribution >= 4 is 33.2 Å². The molecule has 5 heteroatoms. The molecule has 0 aliphatic heterocycles. The summed E-state index contributed by atoms with van der Waals surface area (Å²) in [6.07, 6.45) is 0. The van der Waals surface area contributed by atoms with Gasteiger partial charge in [0.1, 0.15) is 0 Å². The van der Waals surface area contributed by atoms with Crippen LogP contribution in [0.1, 0.15) is 25.6 Å². The molecule has 0 unspecified atom stereocenters. The van der Waals surface area contributed by atoms with Crippen molar-refractivity contribution in [1.29, 1.82) is 0 Å². The Morgan fingerprint density at radius 1 is 1.50 bits per heavy atom. The van der Waals surface area contributed by atoms with Gasteiger partial charge in [-0.05, 0) is 40.9 Å². The van der Waals surface area contributed by atoms with E-state index in [-0.39, 0.29) is 5.97 Å². The second kappa shape index (κ2) is 7.92. The van der Waals surface area contributed by atoms with Gasteiger partial charge in [0, 0.05) is 18.0 Å².